The first-order valence-electron chi connectivity index (χ1n) is 3.94. The van der Waals surface area contributed by atoms with Crippen molar-refractivity contribution in [3.63, 3.8) is 0 Å². The summed E-state index contributed by atoms with van der Waals surface area (Å²) < 4.78 is 36.0. The van der Waals surface area contributed by atoms with Gasteiger partial charge in [-0.3, -0.25) is 4.79 Å². The van der Waals surface area contributed by atoms with E-state index in [-0.39, 0.29) is 18.3 Å². The van der Waals surface area contributed by atoms with Gasteiger partial charge in [0.25, 0.3) is 0 Å². The molecule has 0 saturated heterocycles. The Kier molecular flexibility index (Phi) is 1.50. The number of carbonyl (C=O) groups excluding carboxylic acids is 1. The third-order valence-electron chi connectivity index (χ3n) is 2.57. The molecule has 0 amide bonds. The van der Waals surface area contributed by atoms with Crippen molar-refractivity contribution in [3.8, 4) is 0 Å². The maximum Gasteiger partial charge on any atom is 0.449 e. The second kappa shape index (κ2) is 2.27. The van der Waals surface area contributed by atoms with Crippen LogP contribution in [-0.2, 0) is 4.79 Å². The van der Waals surface area contributed by atoms with Gasteiger partial charge in [0.15, 0.2) is 5.78 Å². The Labute approximate surface area is 72.0 Å². The van der Waals surface area contributed by atoms with Gasteiger partial charge >= 0.3 is 6.18 Å². The molecular formula is C8H7F3O2. The highest BCUT2D eigenvalue weighted by Gasteiger charge is 2.54. The van der Waals surface area contributed by atoms with Gasteiger partial charge in [-0.1, -0.05) is 0 Å². The van der Waals surface area contributed by atoms with Crippen LogP contribution in [0.1, 0.15) is 12.8 Å². The second-order valence-corrected chi connectivity index (χ2v) is 3.49. The number of rotatable bonds is 0. The largest absolute Gasteiger partial charge is 0.504 e. The van der Waals surface area contributed by atoms with E-state index in [0.29, 0.717) is 6.42 Å². The summed E-state index contributed by atoms with van der Waals surface area (Å²) in [5.41, 5.74) is -0.391. The van der Waals surface area contributed by atoms with Crippen molar-refractivity contribution in [2.24, 2.45) is 11.8 Å². The molecule has 2 nitrogen and oxygen atoms in total. The Morgan fingerprint density at radius 1 is 1.46 bits per heavy atom. The van der Waals surface area contributed by atoms with Crippen molar-refractivity contribution in [3.05, 3.63) is 11.3 Å². The molecule has 0 radical (unpaired) electrons. The Hall–Kier alpha value is -1.00. The number of hydrogen-bond donors (Lipinski definition) is 1. The van der Waals surface area contributed by atoms with E-state index in [4.69, 9.17) is 5.11 Å². The molecule has 2 atom stereocenters. The number of halogens is 3. The fourth-order valence-electron chi connectivity index (χ4n) is 1.84. The quantitative estimate of drug-likeness (QED) is 0.470. The highest BCUT2D eigenvalue weighted by molar-refractivity contribution is 6.00. The molecule has 0 spiro atoms. The molecule has 13 heavy (non-hydrogen) atoms. The van der Waals surface area contributed by atoms with E-state index in [0.717, 1.165) is 0 Å². The van der Waals surface area contributed by atoms with Crippen LogP contribution >= 0.6 is 0 Å². The van der Waals surface area contributed by atoms with Crippen molar-refractivity contribution in [2.45, 2.75) is 19.0 Å². The zero-order valence-electron chi connectivity index (χ0n) is 6.56. The van der Waals surface area contributed by atoms with Crippen LogP contribution in [0.4, 0.5) is 13.2 Å². The highest BCUT2D eigenvalue weighted by atomic mass is 19.4. The summed E-state index contributed by atoms with van der Waals surface area (Å²) in [5, 5.41) is 8.79. The lowest BCUT2D eigenvalue weighted by atomic mass is 10.1. The molecule has 2 unspecified atom stereocenters. The average molecular weight is 192 g/mol. The number of carbonyl (C=O) groups is 1. The summed E-state index contributed by atoms with van der Waals surface area (Å²) in [6.07, 6.45) is -4.00. The van der Waals surface area contributed by atoms with Crippen molar-refractivity contribution in [1.82, 2.24) is 0 Å². The first-order valence-corrected chi connectivity index (χ1v) is 3.94. The minimum Gasteiger partial charge on any atom is -0.504 e. The van der Waals surface area contributed by atoms with Crippen molar-refractivity contribution in [1.29, 1.82) is 0 Å². The fourth-order valence-corrected chi connectivity index (χ4v) is 1.84. The molecule has 5 heteroatoms. The molecule has 2 rings (SSSR count). The number of aliphatic hydroxyl groups is 1. The lowest BCUT2D eigenvalue weighted by Gasteiger charge is -2.08. The first-order chi connectivity index (χ1) is 5.91. The molecule has 0 aromatic heterocycles. The molecule has 0 aliphatic heterocycles. The van der Waals surface area contributed by atoms with Crippen LogP contribution in [-0.4, -0.2) is 17.1 Å². The SMILES string of the molecule is O=C1CC2CC2C1=C(O)C(F)(F)F. The third kappa shape index (κ3) is 1.22. The summed E-state index contributed by atoms with van der Waals surface area (Å²) in [6, 6.07) is 0. The maximum absolute atomic E-state index is 12.0. The lowest BCUT2D eigenvalue weighted by molar-refractivity contribution is -0.127. The summed E-state index contributed by atoms with van der Waals surface area (Å²) >= 11 is 0. The number of Topliss-reactive ketones (excluding diaryl/α,β-unsaturated/α-hetero) is 1. The van der Waals surface area contributed by atoms with E-state index >= 15 is 0 Å². The van der Waals surface area contributed by atoms with Crippen molar-refractivity contribution < 1.29 is 23.1 Å². The number of hydrogen-bond acceptors (Lipinski definition) is 2. The van der Waals surface area contributed by atoms with Gasteiger partial charge in [-0.15, -0.1) is 0 Å². The standard InChI is InChI=1S/C8H7F3O2/c9-8(10,11)7(13)6-4-1-3(4)2-5(6)12/h3-4,13H,1-2H2. The number of fused-ring (bicyclic) bond motifs is 1. The van der Waals surface area contributed by atoms with Crippen LogP contribution in [0, 0.1) is 11.8 Å². The van der Waals surface area contributed by atoms with E-state index < -0.39 is 23.3 Å². The highest BCUT2D eigenvalue weighted by Crippen LogP contribution is 2.55. The van der Waals surface area contributed by atoms with Crippen LogP contribution in [0.25, 0.3) is 0 Å². The number of alkyl halides is 3. The molecule has 0 bridgehead atoms. The number of allylic oxidation sites excluding steroid dienone is 2. The van der Waals surface area contributed by atoms with Gasteiger partial charge in [0.1, 0.15) is 0 Å². The van der Waals surface area contributed by atoms with Gasteiger partial charge in [-0.25, -0.2) is 0 Å². The topological polar surface area (TPSA) is 37.3 Å². The van der Waals surface area contributed by atoms with E-state index in [9.17, 15) is 18.0 Å². The van der Waals surface area contributed by atoms with E-state index in [1.54, 1.807) is 0 Å². The third-order valence-corrected chi connectivity index (χ3v) is 2.57. The van der Waals surface area contributed by atoms with Crippen molar-refractivity contribution >= 4 is 5.78 Å². The van der Waals surface area contributed by atoms with Gasteiger partial charge in [0.05, 0.1) is 0 Å². The molecule has 0 aromatic carbocycles. The molecule has 2 aliphatic carbocycles. The zero-order chi connectivity index (χ0) is 9.80. The van der Waals surface area contributed by atoms with Crippen LogP contribution < -0.4 is 0 Å². The summed E-state index contributed by atoms with van der Waals surface area (Å²) in [7, 11) is 0. The Morgan fingerprint density at radius 2 is 2.08 bits per heavy atom. The van der Waals surface area contributed by atoms with E-state index in [2.05, 4.69) is 0 Å². The normalized spacial score (nSPS) is 36.1. The summed E-state index contributed by atoms with van der Waals surface area (Å²) in [5.74, 6) is -2.49. The molecule has 0 aromatic rings. The van der Waals surface area contributed by atoms with Gasteiger partial charge < -0.3 is 5.11 Å². The predicted octanol–water partition coefficient (Wildman–Crippen LogP) is 1.97. The smallest absolute Gasteiger partial charge is 0.449 e. The van der Waals surface area contributed by atoms with Crippen molar-refractivity contribution in [2.75, 3.05) is 0 Å². The van der Waals surface area contributed by atoms with Gasteiger partial charge in [-0.05, 0) is 18.3 Å². The minimum absolute atomic E-state index is 0.0620. The Morgan fingerprint density at radius 3 is 2.46 bits per heavy atom. The molecule has 2 saturated carbocycles. The second-order valence-electron chi connectivity index (χ2n) is 3.49. The number of ketones is 1. The molecule has 1 N–H and O–H groups in total. The number of aliphatic hydroxyl groups excluding tert-OH is 1. The first kappa shape index (κ1) is 8.59. The molecular weight excluding hydrogens is 185 g/mol. The van der Waals surface area contributed by atoms with E-state index in [1.807, 2.05) is 0 Å². The lowest BCUT2D eigenvalue weighted by Crippen LogP contribution is -2.17. The monoisotopic (exact) mass is 192 g/mol. The van der Waals surface area contributed by atoms with E-state index in [1.165, 1.54) is 0 Å². The van der Waals surface area contributed by atoms with Gasteiger partial charge in [-0.2, -0.15) is 13.2 Å². The average Bonchev–Trinajstić information content (AvgIpc) is 2.61. The summed E-state index contributed by atoms with van der Waals surface area (Å²) in [6.45, 7) is 0. The maximum atomic E-state index is 12.0. The van der Waals surface area contributed by atoms with Crippen LogP contribution in [0.3, 0.4) is 0 Å². The fraction of sp³-hybridized carbons (Fsp3) is 0.625. The Bertz CT molecular complexity index is 303. The van der Waals surface area contributed by atoms with Crippen LogP contribution in [0.2, 0.25) is 0 Å². The molecule has 2 fully saturated rings. The minimum atomic E-state index is -4.78. The molecule has 0 heterocycles. The summed E-state index contributed by atoms with van der Waals surface area (Å²) in [4.78, 5) is 11.0. The predicted molar refractivity (Wildman–Crippen MR) is 36.9 cm³/mol. The van der Waals surface area contributed by atoms with Gasteiger partial charge in [0, 0.05) is 12.0 Å². The zero-order valence-corrected chi connectivity index (χ0v) is 6.56. The molecule has 72 valence electrons. The Balaban J connectivity index is 2.37. The van der Waals surface area contributed by atoms with Gasteiger partial charge in [0.2, 0.25) is 5.76 Å². The van der Waals surface area contributed by atoms with Crippen LogP contribution in [0.15, 0.2) is 11.3 Å². The molecule has 2 aliphatic rings. The van der Waals surface area contributed by atoms with Crippen LogP contribution in [0.5, 0.6) is 0 Å².